The molecule has 4 heteroatoms. The second kappa shape index (κ2) is 6.10. The molecule has 0 aliphatic rings. The minimum atomic E-state index is -0.498. The molecule has 0 spiro atoms. The minimum absolute atomic E-state index is 0.186. The van der Waals surface area contributed by atoms with E-state index in [1.807, 2.05) is 19.1 Å². The van der Waals surface area contributed by atoms with Crippen LogP contribution in [-0.2, 0) is 0 Å². The van der Waals surface area contributed by atoms with Gasteiger partial charge >= 0.3 is 0 Å². The second-order valence-corrected chi connectivity index (χ2v) is 4.94. The van der Waals surface area contributed by atoms with Crippen LogP contribution >= 0.6 is 11.8 Å². The first-order valence-corrected chi connectivity index (χ1v) is 5.93. The lowest BCUT2D eigenvalue weighted by Crippen LogP contribution is -2.03. The molecule has 0 amide bonds. The molecule has 3 nitrogen and oxygen atoms in total. The summed E-state index contributed by atoms with van der Waals surface area (Å²) in [6, 6.07) is 3.70. The average molecular weight is 227 g/mol. The Labute approximate surface area is 94.6 Å². The fourth-order valence-corrected chi connectivity index (χ4v) is 2.35. The van der Waals surface area contributed by atoms with Crippen LogP contribution < -0.4 is 0 Å². The van der Waals surface area contributed by atoms with Gasteiger partial charge in [0.15, 0.2) is 0 Å². The molecule has 0 fully saturated rings. The van der Waals surface area contributed by atoms with Gasteiger partial charge in [-0.1, -0.05) is 13.0 Å². The summed E-state index contributed by atoms with van der Waals surface area (Å²) in [4.78, 5) is 4.24. The molecule has 15 heavy (non-hydrogen) atoms. The molecule has 0 bridgehead atoms. The standard InChI is InChI=1S/C11H17NO2S/c1-8(5-7-13)15-11-10(9(2)14)4-3-6-12-11/h3-4,6,8-9,13-14H,5,7H2,1-2H3/t8?,9-/m0/s1. The summed E-state index contributed by atoms with van der Waals surface area (Å²) in [5.74, 6) is 0. The van der Waals surface area contributed by atoms with Crippen LogP contribution in [0, 0.1) is 0 Å². The smallest absolute Gasteiger partial charge is 0.102 e. The molecular formula is C11H17NO2S. The van der Waals surface area contributed by atoms with Crippen molar-refractivity contribution < 1.29 is 10.2 Å². The van der Waals surface area contributed by atoms with Crippen molar-refractivity contribution in [2.75, 3.05) is 6.61 Å². The number of aliphatic hydroxyl groups is 2. The summed E-state index contributed by atoms with van der Waals surface area (Å²) in [5, 5.41) is 19.5. The number of aromatic nitrogens is 1. The van der Waals surface area contributed by atoms with Crippen LogP contribution in [0.25, 0.3) is 0 Å². The Morgan fingerprint density at radius 1 is 1.47 bits per heavy atom. The third-order valence-corrected chi connectivity index (χ3v) is 3.30. The monoisotopic (exact) mass is 227 g/mol. The van der Waals surface area contributed by atoms with E-state index in [9.17, 15) is 5.11 Å². The SMILES string of the molecule is CC(CCO)Sc1ncccc1[C@H](C)O. The lowest BCUT2D eigenvalue weighted by Gasteiger charge is -2.13. The van der Waals surface area contributed by atoms with Gasteiger partial charge in [-0.2, -0.15) is 0 Å². The van der Waals surface area contributed by atoms with E-state index in [1.165, 1.54) is 0 Å². The van der Waals surface area contributed by atoms with Gasteiger partial charge in [0.25, 0.3) is 0 Å². The van der Waals surface area contributed by atoms with Gasteiger partial charge in [0.2, 0.25) is 0 Å². The normalized spacial score (nSPS) is 14.9. The summed E-state index contributed by atoms with van der Waals surface area (Å²) in [6.07, 6.45) is 1.96. The Morgan fingerprint density at radius 3 is 2.80 bits per heavy atom. The van der Waals surface area contributed by atoms with Crippen molar-refractivity contribution >= 4 is 11.8 Å². The molecular weight excluding hydrogens is 210 g/mol. The van der Waals surface area contributed by atoms with Gasteiger partial charge in [0.05, 0.1) is 6.10 Å². The topological polar surface area (TPSA) is 53.4 Å². The van der Waals surface area contributed by atoms with Gasteiger partial charge in [0, 0.05) is 23.6 Å². The van der Waals surface area contributed by atoms with Crippen LogP contribution in [0.4, 0.5) is 0 Å². The maximum Gasteiger partial charge on any atom is 0.102 e. The van der Waals surface area contributed by atoms with Crippen LogP contribution in [0.5, 0.6) is 0 Å². The summed E-state index contributed by atoms with van der Waals surface area (Å²) in [7, 11) is 0. The number of rotatable bonds is 5. The summed E-state index contributed by atoms with van der Waals surface area (Å²) in [5.41, 5.74) is 0.854. The molecule has 0 aliphatic heterocycles. The van der Waals surface area contributed by atoms with Gasteiger partial charge in [0.1, 0.15) is 5.03 Å². The van der Waals surface area contributed by atoms with Crippen molar-refractivity contribution in [3.63, 3.8) is 0 Å². The fraction of sp³-hybridized carbons (Fsp3) is 0.545. The first-order valence-electron chi connectivity index (χ1n) is 5.05. The highest BCUT2D eigenvalue weighted by atomic mass is 32.2. The van der Waals surface area contributed by atoms with E-state index in [4.69, 9.17) is 5.11 Å². The molecule has 0 saturated heterocycles. The maximum atomic E-state index is 9.54. The van der Waals surface area contributed by atoms with Gasteiger partial charge in [-0.3, -0.25) is 0 Å². The molecule has 0 saturated carbocycles. The minimum Gasteiger partial charge on any atom is -0.396 e. The van der Waals surface area contributed by atoms with Gasteiger partial charge in [-0.25, -0.2) is 4.98 Å². The van der Waals surface area contributed by atoms with Crippen LogP contribution in [0.1, 0.15) is 31.9 Å². The zero-order valence-corrected chi connectivity index (χ0v) is 9.87. The molecule has 1 rings (SSSR count). The zero-order chi connectivity index (χ0) is 11.3. The molecule has 84 valence electrons. The third kappa shape index (κ3) is 3.81. The average Bonchev–Trinajstić information content (AvgIpc) is 2.18. The molecule has 1 aromatic rings. The molecule has 0 aromatic carbocycles. The highest BCUT2D eigenvalue weighted by Crippen LogP contribution is 2.29. The van der Waals surface area contributed by atoms with Crippen molar-refractivity contribution in [2.45, 2.75) is 36.6 Å². The van der Waals surface area contributed by atoms with Crippen molar-refractivity contribution in [2.24, 2.45) is 0 Å². The Kier molecular flexibility index (Phi) is 5.08. The number of hydrogen-bond donors (Lipinski definition) is 2. The van der Waals surface area contributed by atoms with E-state index in [-0.39, 0.29) is 6.61 Å². The van der Waals surface area contributed by atoms with Gasteiger partial charge in [-0.05, 0) is 19.4 Å². The Hall–Kier alpha value is -0.580. The molecule has 1 unspecified atom stereocenters. The number of nitrogens with zero attached hydrogens (tertiary/aromatic N) is 1. The molecule has 2 N–H and O–H groups in total. The van der Waals surface area contributed by atoms with Gasteiger partial charge < -0.3 is 10.2 Å². The Balaban J connectivity index is 2.75. The predicted octanol–water partition coefficient (Wildman–Crippen LogP) is 2.00. The van der Waals surface area contributed by atoms with Gasteiger partial charge in [-0.15, -0.1) is 11.8 Å². The Morgan fingerprint density at radius 2 is 2.20 bits per heavy atom. The third-order valence-electron chi connectivity index (χ3n) is 2.10. The van der Waals surface area contributed by atoms with E-state index >= 15 is 0 Å². The van der Waals surface area contributed by atoms with Crippen LogP contribution in [0.2, 0.25) is 0 Å². The van der Waals surface area contributed by atoms with E-state index in [1.54, 1.807) is 24.9 Å². The summed E-state index contributed by atoms with van der Waals surface area (Å²) < 4.78 is 0. The lowest BCUT2D eigenvalue weighted by atomic mass is 10.2. The highest BCUT2D eigenvalue weighted by Gasteiger charge is 2.12. The zero-order valence-electron chi connectivity index (χ0n) is 9.05. The highest BCUT2D eigenvalue weighted by molar-refractivity contribution is 7.99. The quantitative estimate of drug-likeness (QED) is 0.755. The van der Waals surface area contributed by atoms with E-state index < -0.39 is 6.10 Å². The van der Waals surface area contributed by atoms with Crippen molar-refractivity contribution in [1.29, 1.82) is 0 Å². The second-order valence-electron chi connectivity index (χ2n) is 3.51. The van der Waals surface area contributed by atoms with Crippen LogP contribution in [-0.4, -0.2) is 27.1 Å². The number of thioether (sulfide) groups is 1. The predicted molar refractivity (Wildman–Crippen MR) is 61.9 cm³/mol. The van der Waals surface area contributed by atoms with E-state index in [2.05, 4.69) is 4.98 Å². The fourth-order valence-electron chi connectivity index (χ4n) is 1.25. The number of hydrogen-bond acceptors (Lipinski definition) is 4. The maximum absolute atomic E-state index is 9.54. The molecule has 1 aromatic heterocycles. The summed E-state index contributed by atoms with van der Waals surface area (Å²) >= 11 is 1.59. The largest absolute Gasteiger partial charge is 0.396 e. The molecule has 0 radical (unpaired) electrons. The van der Waals surface area contributed by atoms with E-state index in [0.29, 0.717) is 5.25 Å². The Bertz CT molecular complexity index is 304. The number of pyridine rings is 1. The first kappa shape index (κ1) is 12.5. The van der Waals surface area contributed by atoms with E-state index in [0.717, 1.165) is 17.0 Å². The molecule has 1 heterocycles. The van der Waals surface area contributed by atoms with Crippen LogP contribution in [0.3, 0.4) is 0 Å². The first-order chi connectivity index (χ1) is 7.15. The lowest BCUT2D eigenvalue weighted by molar-refractivity contribution is 0.195. The van der Waals surface area contributed by atoms with Crippen LogP contribution in [0.15, 0.2) is 23.4 Å². The summed E-state index contributed by atoms with van der Waals surface area (Å²) in [6.45, 7) is 3.96. The van der Waals surface area contributed by atoms with Crippen molar-refractivity contribution in [3.05, 3.63) is 23.9 Å². The van der Waals surface area contributed by atoms with Crippen molar-refractivity contribution in [1.82, 2.24) is 4.98 Å². The number of aliphatic hydroxyl groups excluding tert-OH is 2. The molecule has 0 aliphatic carbocycles. The van der Waals surface area contributed by atoms with Crippen molar-refractivity contribution in [3.8, 4) is 0 Å². The molecule has 2 atom stereocenters.